The maximum Gasteiger partial charge on any atom is 0.411 e. The molecule has 3 aromatic carbocycles. The summed E-state index contributed by atoms with van der Waals surface area (Å²) in [6.07, 6.45) is 1.64. The summed E-state index contributed by atoms with van der Waals surface area (Å²) in [4.78, 5) is 27.4. The standard InChI is InChI=1S/C29H27FN2O4/c30-23-12-10-22(11-13-23)25-24-9-5-4-8-21(24)14-15-32(25)27(34)36-29-17-28(18-29,19-29)31-26(33)35-16-20-6-2-1-3-7-20/h1-13,25H,14-19H2,(H,31,33)/t25-,28?,29?/m0/s1. The van der Waals surface area contributed by atoms with Crippen molar-refractivity contribution in [1.82, 2.24) is 10.2 Å². The number of rotatable bonds is 5. The molecule has 0 unspecified atom stereocenters. The van der Waals surface area contributed by atoms with Gasteiger partial charge in [0, 0.05) is 25.8 Å². The van der Waals surface area contributed by atoms with Crippen molar-refractivity contribution in [3.05, 3.63) is 107 Å². The topological polar surface area (TPSA) is 67.9 Å². The average Bonchev–Trinajstić information content (AvgIpc) is 2.86. The minimum absolute atomic E-state index is 0.212. The second-order valence-corrected chi connectivity index (χ2v) is 10.1. The van der Waals surface area contributed by atoms with Crippen LogP contribution in [0.4, 0.5) is 14.0 Å². The molecule has 3 aromatic rings. The van der Waals surface area contributed by atoms with Crippen molar-refractivity contribution in [2.75, 3.05) is 6.54 Å². The number of ether oxygens (including phenoxy) is 2. The summed E-state index contributed by atoms with van der Waals surface area (Å²) in [5.74, 6) is -0.314. The summed E-state index contributed by atoms with van der Waals surface area (Å²) >= 11 is 0. The second kappa shape index (κ2) is 8.66. The van der Waals surface area contributed by atoms with Gasteiger partial charge in [0.05, 0.1) is 11.6 Å². The predicted octanol–water partition coefficient (Wildman–Crippen LogP) is 5.51. The Bertz CT molecular complexity index is 1270. The summed E-state index contributed by atoms with van der Waals surface area (Å²) in [7, 11) is 0. The normalized spacial score (nSPS) is 25.6. The van der Waals surface area contributed by atoms with Gasteiger partial charge in [-0.3, -0.25) is 4.90 Å². The molecular weight excluding hydrogens is 459 g/mol. The number of benzene rings is 3. The molecule has 1 N–H and O–H groups in total. The van der Waals surface area contributed by atoms with Gasteiger partial charge in [-0.25, -0.2) is 14.0 Å². The molecule has 7 heteroatoms. The Morgan fingerprint density at radius 3 is 2.39 bits per heavy atom. The van der Waals surface area contributed by atoms with Gasteiger partial charge >= 0.3 is 12.2 Å². The molecule has 2 amide bonds. The number of alkyl carbamates (subject to hydrolysis) is 1. The molecule has 1 aliphatic heterocycles. The van der Waals surface area contributed by atoms with Gasteiger partial charge in [-0.1, -0.05) is 66.7 Å². The fraction of sp³-hybridized carbons (Fsp3) is 0.310. The van der Waals surface area contributed by atoms with E-state index >= 15 is 0 Å². The Morgan fingerprint density at radius 2 is 1.64 bits per heavy atom. The number of halogens is 1. The number of hydrogen-bond acceptors (Lipinski definition) is 4. The third-order valence-electron chi connectivity index (χ3n) is 7.57. The average molecular weight is 487 g/mol. The summed E-state index contributed by atoms with van der Waals surface area (Å²) < 4.78 is 25.0. The van der Waals surface area contributed by atoms with E-state index in [1.54, 1.807) is 17.0 Å². The zero-order chi connectivity index (χ0) is 24.8. The molecule has 0 radical (unpaired) electrons. The van der Waals surface area contributed by atoms with E-state index in [0.29, 0.717) is 25.8 Å². The number of nitrogens with one attached hydrogen (secondary N) is 1. The molecule has 0 saturated heterocycles. The predicted molar refractivity (Wildman–Crippen MR) is 131 cm³/mol. The molecule has 184 valence electrons. The van der Waals surface area contributed by atoms with Crippen molar-refractivity contribution in [2.45, 2.75) is 49.5 Å². The van der Waals surface area contributed by atoms with Gasteiger partial charge in [0.15, 0.2) is 0 Å². The number of nitrogens with zero attached hydrogens (tertiary/aromatic N) is 1. The van der Waals surface area contributed by atoms with E-state index in [1.165, 1.54) is 17.7 Å². The van der Waals surface area contributed by atoms with E-state index in [-0.39, 0.29) is 30.1 Å². The highest BCUT2D eigenvalue weighted by Crippen LogP contribution is 2.63. The van der Waals surface area contributed by atoms with Crippen LogP contribution in [0.5, 0.6) is 0 Å². The number of fused-ring (bicyclic) bond motifs is 1. The van der Waals surface area contributed by atoms with Crippen LogP contribution in [0, 0.1) is 5.82 Å². The number of carbonyl (C=O) groups is 2. The maximum atomic E-state index is 13.6. The molecule has 4 aliphatic rings. The van der Waals surface area contributed by atoms with Gasteiger partial charge in [0.1, 0.15) is 18.0 Å². The van der Waals surface area contributed by atoms with Crippen LogP contribution in [0.2, 0.25) is 0 Å². The molecule has 0 aromatic heterocycles. The number of carbonyl (C=O) groups excluding carboxylic acids is 2. The fourth-order valence-electron chi connectivity index (χ4n) is 5.92. The van der Waals surface area contributed by atoms with Crippen LogP contribution in [0.1, 0.15) is 47.6 Å². The van der Waals surface area contributed by atoms with Crippen LogP contribution < -0.4 is 5.32 Å². The molecule has 3 fully saturated rings. The monoisotopic (exact) mass is 486 g/mol. The zero-order valence-corrected chi connectivity index (χ0v) is 19.8. The molecule has 3 saturated carbocycles. The first kappa shape index (κ1) is 22.6. The lowest BCUT2D eigenvalue weighted by Crippen LogP contribution is -2.80. The molecule has 2 bridgehead atoms. The Hall–Kier alpha value is -3.87. The quantitative estimate of drug-likeness (QED) is 0.516. The van der Waals surface area contributed by atoms with E-state index in [1.807, 2.05) is 48.5 Å². The summed E-state index contributed by atoms with van der Waals surface area (Å²) in [6.45, 7) is 0.729. The Balaban J connectivity index is 1.09. The number of amides is 2. The van der Waals surface area contributed by atoms with Crippen LogP contribution in [0.25, 0.3) is 0 Å². The number of hydrogen-bond donors (Lipinski definition) is 1. The van der Waals surface area contributed by atoms with E-state index in [4.69, 9.17) is 9.47 Å². The minimum Gasteiger partial charge on any atom is -0.445 e. The van der Waals surface area contributed by atoms with Crippen molar-refractivity contribution in [2.24, 2.45) is 0 Å². The first-order valence-corrected chi connectivity index (χ1v) is 12.3. The Labute approximate surface area is 209 Å². The molecule has 6 nitrogen and oxygen atoms in total. The highest BCUT2D eigenvalue weighted by Gasteiger charge is 2.72. The van der Waals surface area contributed by atoms with E-state index < -0.39 is 11.7 Å². The van der Waals surface area contributed by atoms with Gasteiger partial charge in [0.25, 0.3) is 0 Å². The summed E-state index contributed by atoms with van der Waals surface area (Å²) in [5, 5.41) is 2.96. The van der Waals surface area contributed by atoms with E-state index in [0.717, 1.165) is 23.1 Å². The van der Waals surface area contributed by atoms with Crippen LogP contribution in [-0.2, 0) is 22.5 Å². The van der Waals surface area contributed by atoms with Crippen molar-refractivity contribution in [3.63, 3.8) is 0 Å². The van der Waals surface area contributed by atoms with Crippen molar-refractivity contribution in [3.8, 4) is 0 Å². The zero-order valence-electron chi connectivity index (χ0n) is 19.8. The van der Waals surface area contributed by atoms with Crippen LogP contribution >= 0.6 is 0 Å². The van der Waals surface area contributed by atoms with E-state index in [2.05, 4.69) is 11.4 Å². The highest BCUT2D eigenvalue weighted by atomic mass is 19.1. The summed E-state index contributed by atoms with van der Waals surface area (Å²) in [6, 6.07) is 23.5. The van der Waals surface area contributed by atoms with Crippen molar-refractivity contribution < 1.29 is 23.5 Å². The highest BCUT2D eigenvalue weighted by molar-refractivity contribution is 5.73. The van der Waals surface area contributed by atoms with Gasteiger partial charge in [-0.15, -0.1) is 0 Å². The van der Waals surface area contributed by atoms with Crippen LogP contribution in [-0.4, -0.2) is 34.8 Å². The van der Waals surface area contributed by atoms with Gasteiger partial charge in [-0.05, 0) is 40.8 Å². The van der Waals surface area contributed by atoms with E-state index in [9.17, 15) is 14.0 Å². The lowest BCUT2D eigenvalue weighted by Gasteiger charge is -2.68. The molecule has 1 atom stereocenters. The van der Waals surface area contributed by atoms with Crippen molar-refractivity contribution in [1.29, 1.82) is 0 Å². The third kappa shape index (κ3) is 4.08. The first-order chi connectivity index (χ1) is 17.4. The molecule has 7 rings (SSSR count). The first-order valence-electron chi connectivity index (χ1n) is 12.3. The third-order valence-corrected chi connectivity index (χ3v) is 7.57. The molecule has 0 spiro atoms. The smallest absolute Gasteiger partial charge is 0.411 e. The van der Waals surface area contributed by atoms with Crippen LogP contribution in [0.3, 0.4) is 0 Å². The second-order valence-electron chi connectivity index (χ2n) is 10.1. The lowest BCUT2D eigenvalue weighted by atomic mass is 9.46. The minimum atomic E-state index is -0.548. The molecule has 36 heavy (non-hydrogen) atoms. The molecular formula is C29H27FN2O4. The molecule has 1 heterocycles. The van der Waals surface area contributed by atoms with Gasteiger partial charge in [-0.2, -0.15) is 0 Å². The lowest BCUT2D eigenvalue weighted by molar-refractivity contribution is -0.220. The Kier molecular flexibility index (Phi) is 5.43. The van der Waals surface area contributed by atoms with Crippen LogP contribution in [0.15, 0.2) is 78.9 Å². The maximum absolute atomic E-state index is 13.6. The summed E-state index contributed by atoms with van der Waals surface area (Å²) in [5.41, 5.74) is 3.07. The largest absolute Gasteiger partial charge is 0.445 e. The molecule has 3 aliphatic carbocycles. The Morgan fingerprint density at radius 1 is 0.944 bits per heavy atom. The van der Waals surface area contributed by atoms with Gasteiger partial charge < -0.3 is 14.8 Å². The SMILES string of the molecule is O=C(NC12CC(OC(=O)N3CCc4ccccc4[C@@H]3c3ccc(F)cc3)(C1)C2)OCc1ccccc1. The van der Waals surface area contributed by atoms with Gasteiger partial charge in [0.2, 0.25) is 0 Å². The van der Waals surface area contributed by atoms with Crippen molar-refractivity contribution >= 4 is 12.2 Å². The fourth-order valence-corrected chi connectivity index (χ4v) is 5.92.